The van der Waals surface area contributed by atoms with Gasteiger partial charge in [-0.1, -0.05) is 59.3 Å². The van der Waals surface area contributed by atoms with Crippen molar-refractivity contribution in [2.24, 2.45) is 23.2 Å². The highest BCUT2D eigenvalue weighted by Crippen LogP contribution is 2.31. The van der Waals surface area contributed by atoms with E-state index in [0.717, 1.165) is 31.4 Å². The Balaban J connectivity index is 0.000000479. The number of rotatable bonds is 2. The van der Waals surface area contributed by atoms with E-state index in [1.807, 2.05) is 26.0 Å². The smallest absolute Gasteiger partial charge is 0.222 e. The van der Waals surface area contributed by atoms with Gasteiger partial charge in [0.2, 0.25) is 11.8 Å². The van der Waals surface area contributed by atoms with Crippen LogP contribution in [0.2, 0.25) is 0 Å². The molecule has 0 saturated carbocycles. The largest absolute Gasteiger partial charge is 0.446 e. The molecule has 3 N–H and O–H groups in total. The van der Waals surface area contributed by atoms with E-state index >= 15 is 0 Å². The first-order valence-corrected chi connectivity index (χ1v) is 12.3. The lowest BCUT2D eigenvalue weighted by Crippen LogP contribution is -2.43. The normalized spacial score (nSPS) is 28.1. The van der Waals surface area contributed by atoms with Crippen LogP contribution in [-0.4, -0.2) is 39.5 Å². The van der Waals surface area contributed by atoms with E-state index in [2.05, 4.69) is 36.3 Å². The summed E-state index contributed by atoms with van der Waals surface area (Å²) in [7, 11) is 0. The van der Waals surface area contributed by atoms with Crippen molar-refractivity contribution in [3.8, 4) is 0 Å². The number of amides is 1. The summed E-state index contributed by atoms with van der Waals surface area (Å²) in [6.07, 6.45) is 12.6. The van der Waals surface area contributed by atoms with Gasteiger partial charge in [-0.05, 0) is 44.1 Å². The molecule has 0 aromatic carbocycles. The zero-order valence-electron chi connectivity index (χ0n) is 21.7. The Labute approximate surface area is 204 Å². The number of oxazole rings is 1. The van der Waals surface area contributed by atoms with Crippen LogP contribution in [-0.2, 0) is 16.2 Å². The van der Waals surface area contributed by atoms with Gasteiger partial charge in [0.15, 0.2) is 0 Å². The van der Waals surface area contributed by atoms with Crippen LogP contribution in [0.25, 0.3) is 6.08 Å². The fourth-order valence-corrected chi connectivity index (χ4v) is 4.03. The molecule has 1 amide bonds. The van der Waals surface area contributed by atoms with Crippen LogP contribution >= 0.6 is 0 Å². The van der Waals surface area contributed by atoms with Gasteiger partial charge in [0.25, 0.3) is 0 Å². The SMILES string of the molecule is C/C=C\c1coc(CO)n1.CC1CCC/C=C\[C@H](C)CNC(=O)CC(O)C(C)(C)C(=O)C(C)C1. The second-order valence-corrected chi connectivity index (χ2v) is 10.0. The standard InChI is InChI=1S/C20H35NO3.C7H9NO2/c1-14-9-7-6-8-10-15(2)13-21-18(23)12-17(22)20(4,5)19(24)16(3)11-14;1-2-3-6-5-10-7(4-9)8-6/h8,10,14-17,22H,6-7,9,11-13H2,1-5H3,(H,21,23);2-3,5,9H,4H2,1H3/b10-8-;3-2-/t14?,15-,16?,17?;/m0./s1. The van der Waals surface area contributed by atoms with E-state index in [1.165, 1.54) is 6.26 Å². The highest BCUT2D eigenvalue weighted by Gasteiger charge is 2.39. The Morgan fingerprint density at radius 2 is 1.97 bits per heavy atom. The first-order valence-electron chi connectivity index (χ1n) is 12.3. The molecule has 1 aromatic rings. The van der Waals surface area contributed by atoms with Crippen LogP contribution in [0.1, 0.15) is 85.2 Å². The van der Waals surface area contributed by atoms with Gasteiger partial charge >= 0.3 is 0 Å². The van der Waals surface area contributed by atoms with Crippen molar-refractivity contribution >= 4 is 17.8 Å². The van der Waals surface area contributed by atoms with E-state index in [-0.39, 0.29) is 36.6 Å². The second kappa shape index (κ2) is 14.9. The monoisotopic (exact) mass is 476 g/mol. The summed E-state index contributed by atoms with van der Waals surface area (Å²) in [4.78, 5) is 28.7. The molecule has 34 heavy (non-hydrogen) atoms. The molecule has 7 heteroatoms. The van der Waals surface area contributed by atoms with E-state index in [1.54, 1.807) is 13.8 Å². The number of aliphatic hydroxyl groups excluding tert-OH is 2. The molecule has 0 saturated heterocycles. The Hall–Kier alpha value is -2.25. The maximum atomic E-state index is 12.8. The van der Waals surface area contributed by atoms with Crippen molar-refractivity contribution in [1.29, 1.82) is 0 Å². The summed E-state index contributed by atoms with van der Waals surface area (Å²) < 4.78 is 4.85. The van der Waals surface area contributed by atoms with E-state index in [0.29, 0.717) is 18.4 Å². The van der Waals surface area contributed by atoms with Gasteiger partial charge < -0.3 is 19.9 Å². The van der Waals surface area contributed by atoms with Crippen molar-refractivity contribution in [2.75, 3.05) is 6.54 Å². The van der Waals surface area contributed by atoms with Crippen LogP contribution in [0.4, 0.5) is 0 Å². The number of aromatic nitrogens is 1. The molecule has 7 nitrogen and oxygen atoms in total. The van der Waals surface area contributed by atoms with Gasteiger partial charge in [-0.3, -0.25) is 9.59 Å². The average Bonchev–Trinajstić information content (AvgIpc) is 3.24. The molecule has 0 spiro atoms. The lowest BCUT2D eigenvalue weighted by atomic mass is 9.74. The first kappa shape index (κ1) is 29.8. The molecular weight excluding hydrogens is 432 g/mol. The Bertz CT molecular complexity index is 812. The maximum absolute atomic E-state index is 12.8. The minimum Gasteiger partial charge on any atom is -0.446 e. The third kappa shape index (κ3) is 10.3. The molecule has 0 bridgehead atoms. The van der Waals surface area contributed by atoms with Gasteiger partial charge in [0.1, 0.15) is 24.3 Å². The van der Waals surface area contributed by atoms with Gasteiger partial charge in [0, 0.05) is 12.5 Å². The van der Waals surface area contributed by atoms with Crippen molar-refractivity contribution in [1.82, 2.24) is 10.3 Å². The predicted octanol–water partition coefficient (Wildman–Crippen LogP) is 4.69. The second-order valence-electron chi connectivity index (χ2n) is 10.0. The lowest BCUT2D eigenvalue weighted by Gasteiger charge is -2.32. The van der Waals surface area contributed by atoms with Crippen LogP contribution < -0.4 is 5.32 Å². The maximum Gasteiger partial charge on any atom is 0.222 e. The zero-order chi connectivity index (χ0) is 25.7. The molecule has 1 aromatic heterocycles. The van der Waals surface area contributed by atoms with E-state index < -0.39 is 11.5 Å². The highest BCUT2D eigenvalue weighted by atomic mass is 16.4. The molecule has 4 atom stereocenters. The summed E-state index contributed by atoms with van der Waals surface area (Å²) in [6.45, 7) is 12.0. The van der Waals surface area contributed by atoms with Gasteiger partial charge in [-0.2, -0.15) is 0 Å². The highest BCUT2D eigenvalue weighted by molar-refractivity contribution is 5.87. The van der Waals surface area contributed by atoms with E-state index in [9.17, 15) is 14.7 Å². The summed E-state index contributed by atoms with van der Waals surface area (Å²) in [6, 6.07) is 0. The third-order valence-electron chi connectivity index (χ3n) is 6.25. The lowest BCUT2D eigenvalue weighted by molar-refractivity contribution is -0.139. The molecular formula is C27H44N2O5. The molecule has 0 radical (unpaired) electrons. The third-order valence-corrected chi connectivity index (χ3v) is 6.25. The molecule has 0 aliphatic carbocycles. The number of nitrogens with zero attached hydrogens (tertiary/aromatic N) is 1. The van der Waals surface area contributed by atoms with Crippen LogP contribution in [0, 0.1) is 23.2 Å². The van der Waals surface area contributed by atoms with Crippen LogP contribution in [0.5, 0.6) is 0 Å². The van der Waals surface area contributed by atoms with Crippen LogP contribution in [0.15, 0.2) is 28.9 Å². The zero-order valence-corrected chi connectivity index (χ0v) is 21.7. The summed E-state index contributed by atoms with van der Waals surface area (Å²) >= 11 is 0. The van der Waals surface area contributed by atoms with Crippen molar-refractivity contribution < 1.29 is 24.2 Å². The molecule has 1 aliphatic heterocycles. The molecule has 3 unspecified atom stereocenters. The number of aliphatic hydroxyl groups is 2. The Morgan fingerprint density at radius 3 is 2.59 bits per heavy atom. The van der Waals surface area contributed by atoms with E-state index in [4.69, 9.17) is 9.52 Å². The number of carbonyl (C=O) groups excluding carboxylic acids is 2. The first-order chi connectivity index (χ1) is 16.0. The number of Topliss-reactive ketones (excluding diaryl/α,β-unsaturated/α-hetero) is 1. The summed E-state index contributed by atoms with van der Waals surface area (Å²) in [5, 5.41) is 21.8. The van der Waals surface area contributed by atoms with Crippen molar-refractivity contribution in [3.05, 3.63) is 36.1 Å². The number of hydrogen-bond acceptors (Lipinski definition) is 6. The van der Waals surface area contributed by atoms with Gasteiger partial charge in [-0.25, -0.2) is 4.98 Å². The number of ketones is 1. The average molecular weight is 477 g/mol. The molecule has 192 valence electrons. The van der Waals surface area contributed by atoms with Gasteiger partial charge in [-0.15, -0.1) is 0 Å². The topological polar surface area (TPSA) is 113 Å². The Kier molecular flexibility index (Phi) is 13.0. The number of allylic oxidation sites excluding steroid dienone is 2. The fraction of sp³-hybridized carbons (Fsp3) is 0.667. The molecule has 2 rings (SSSR count). The number of hydrogen-bond donors (Lipinski definition) is 3. The number of nitrogens with one attached hydrogen (secondary N) is 1. The minimum atomic E-state index is -0.957. The fourth-order valence-electron chi connectivity index (χ4n) is 4.03. The predicted molar refractivity (Wildman–Crippen MR) is 135 cm³/mol. The summed E-state index contributed by atoms with van der Waals surface area (Å²) in [5.41, 5.74) is -0.162. The van der Waals surface area contributed by atoms with Gasteiger partial charge in [0.05, 0.1) is 17.9 Å². The molecule has 1 aliphatic rings. The molecule has 2 heterocycles. The van der Waals surface area contributed by atoms with Crippen molar-refractivity contribution in [2.45, 2.75) is 86.4 Å². The quantitative estimate of drug-likeness (QED) is 0.534. The van der Waals surface area contributed by atoms with Crippen molar-refractivity contribution in [3.63, 3.8) is 0 Å². The summed E-state index contributed by atoms with van der Waals surface area (Å²) in [5.74, 6) is 0.862. The molecule has 0 fully saturated rings. The Morgan fingerprint density at radius 1 is 1.26 bits per heavy atom. The minimum absolute atomic E-state index is 0.0303. The van der Waals surface area contributed by atoms with Crippen LogP contribution in [0.3, 0.4) is 0 Å². The number of carbonyl (C=O) groups is 2.